The molecule has 1 fully saturated rings. The van der Waals surface area contributed by atoms with Crippen molar-refractivity contribution in [3.8, 4) is 0 Å². The van der Waals surface area contributed by atoms with E-state index in [0.717, 1.165) is 30.9 Å². The summed E-state index contributed by atoms with van der Waals surface area (Å²) >= 11 is 0. The third-order valence-electron chi connectivity index (χ3n) is 5.63. The van der Waals surface area contributed by atoms with Crippen LogP contribution in [0.4, 0.5) is 0 Å². The van der Waals surface area contributed by atoms with Gasteiger partial charge in [0.2, 0.25) is 0 Å². The zero-order valence-corrected chi connectivity index (χ0v) is 20.1. The Morgan fingerprint density at radius 1 is 1.14 bits per heavy atom. The van der Waals surface area contributed by atoms with Crippen LogP contribution in [-0.4, -0.2) is 45.8 Å². The van der Waals surface area contributed by atoms with Crippen molar-refractivity contribution in [3.05, 3.63) is 47.5 Å². The van der Waals surface area contributed by atoms with Gasteiger partial charge in [-0.1, -0.05) is 43.5 Å². The van der Waals surface area contributed by atoms with Crippen molar-refractivity contribution in [2.75, 3.05) is 14.1 Å². The summed E-state index contributed by atoms with van der Waals surface area (Å²) in [6, 6.07) is 9.40. The Bertz CT molecular complexity index is 768. The molecule has 1 aromatic carbocycles. The normalized spacial score (nSPS) is 15.2. The second-order valence-electron chi connectivity index (χ2n) is 7.55. The van der Waals surface area contributed by atoms with Crippen LogP contribution >= 0.6 is 24.0 Å². The van der Waals surface area contributed by atoms with E-state index in [9.17, 15) is 0 Å². The van der Waals surface area contributed by atoms with E-state index in [1.54, 1.807) is 18.1 Å². The molecule has 0 saturated heterocycles. The molecule has 0 radical (unpaired) electrons. The molecule has 1 saturated carbocycles. The number of aromatic nitrogens is 3. The summed E-state index contributed by atoms with van der Waals surface area (Å²) in [7, 11) is 5.94. The summed E-state index contributed by atoms with van der Waals surface area (Å²) in [5.74, 6) is 1.64. The molecular weight excluding hydrogens is 477 g/mol. The van der Waals surface area contributed by atoms with Gasteiger partial charge in [0.15, 0.2) is 5.96 Å². The molecule has 0 spiro atoms. The van der Waals surface area contributed by atoms with Gasteiger partial charge in [0.25, 0.3) is 0 Å². The molecule has 0 unspecified atom stereocenters. The van der Waals surface area contributed by atoms with Gasteiger partial charge < -0.3 is 10.6 Å². The number of hydrogen-bond acceptors (Lipinski definition) is 4. The van der Waals surface area contributed by atoms with E-state index in [2.05, 4.69) is 61.9 Å². The van der Waals surface area contributed by atoms with Gasteiger partial charge in [0.05, 0.1) is 6.54 Å². The predicted molar refractivity (Wildman–Crippen MR) is 128 cm³/mol. The SMILES string of the molecule is CN=C(NCc1ccccc1CN(C)C1CCCCC1)NCc1ncnn1C.I. The standard InChI is InChI=1S/C21H33N7.HI/c1-22-21(24-14-20-25-16-26-28(20)3)23-13-17-9-7-8-10-18(17)15-27(2)19-11-5-4-6-12-19;/h7-10,16,19H,4-6,11-15H2,1-3H3,(H2,22,23,24);1H. The third-order valence-corrected chi connectivity index (χ3v) is 5.63. The van der Waals surface area contributed by atoms with Crippen LogP contribution < -0.4 is 10.6 Å². The Morgan fingerprint density at radius 3 is 2.48 bits per heavy atom. The van der Waals surface area contributed by atoms with Gasteiger partial charge in [-0.15, -0.1) is 24.0 Å². The molecule has 1 heterocycles. The number of hydrogen-bond donors (Lipinski definition) is 2. The number of guanidine groups is 1. The molecule has 2 N–H and O–H groups in total. The molecular formula is C21H34IN7. The number of nitrogens with one attached hydrogen (secondary N) is 2. The molecule has 8 heteroatoms. The molecule has 2 aromatic rings. The number of aliphatic imine (C=N–C) groups is 1. The molecule has 1 aromatic heterocycles. The zero-order chi connectivity index (χ0) is 19.8. The Morgan fingerprint density at radius 2 is 1.83 bits per heavy atom. The van der Waals surface area contributed by atoms with E-state index >= 15 is 0 Å². The molecule has 160 valence electrons. The summed E-state index contributed by atoms with van der Waals surface area (Å²) in [5.41, 5.74) is 2.69. The van der Waals surface area contributed by atoms with Gasteiger partial charge in [-0.3, -0.25) is 14.6 Å². The van der Waals surface area contributed by atoms with Crippen LogP contribution in [0.25, 0.3) is 0 Å². The third kappa shape index (κ3) is 6.95. The highest BCUT2D eigenvalue weighted by atomic mass is 127. The van der Waals surface area contributed by atoms with Crippen LogP contribution in [0, 0.1) is 0 Å². The first-order valence-corrected chi connectivity index (χ1v) is 10.2. The maximum atomic E-state index is 4.32. The molecule has 1 aliphatic carbocycles. The summed E-state index contributed by atoms with van der Waals surface area (Å²) in [5, 5.41) is 10.8. The van der Waals surface area contributed by atoms with Crippen LogP contribution in [-0.2, 0) is 26.7 Å². The second-order valence-corrected chi connectivity index (χ2v) is 7.55. The predicted octanol–water partition coefficient (Wildman–Crippen LogP) is 3.06. The molecule has 0 aliphatic heterocycles. The molecule has 29 heavy (non-hydrogen) atoms. The smallest absolute Gasteiger partial charge is 0.191 e. The molecule has 0 atom stereocenters. The monoisotopic (exact) mass is 511 g/mol. The highest BCUT2D eigenvalue weighted by molar-refractivity contribution is 14.0. The van der Waals surface area contributed by atoms with Crippen LogP contribution in [0.3, 0.4) is 0 Å². The number of benzene rings is 1. The first kappa shape index (κ1) is 23.6. The number of rotatable bonds is 7. The van der Waals surface area contributed by atoms with Crippen molar-refractivity contribution in [3.63, 3.8) is 0 Å². The fourth-order valence-corrected chi connectivity index (χ4v) is 3.85. The molecule has 1 aliphatic rings. The number of halogens is 1. The fourth-order valence-electron chi connectivity index (χ4n) is 3.85. The largest absolute Gasteiger partial charge is 0.352 e. The minimum atomic E-state index is 0. The van der Waals surface area contributed by atoms with Crippen molar-refractivity contribution in [1.82, 2.24) is 30.3 Å². The molecule has 0 bridgehead atoms. The van der Waals surface area contributed by atoms with Crippen molar-refractivity contribution in [1.29, 1.82) is 0 Å². The minimum absolute atomic E-state index is 0. The van der Waals surface area contributed by atoms with E-state index in [1.807, 2.05) is 7.05 Å². The maximum Gasteiger partial charge on any atom is 0.191 e. The van der Waals surface area contributed by atoms with Crippen LogP contribution in [0.5, 0.6) is 0 Å². The minimum Gasteiger partial charge on any atom is -0.352 e. The van der Waals surface area contributed by atoms with Gasteiger partial charge in [-0.25, -0.2) is 4.98 Å². The van der Waals surface area contributed by atoms with Gasteiger partial charge >= 0.3 is 0 Å². The Labute approximate surface area is 191 Å². The lowest BCUT2D eigenvalue weighted by molar-refractivity contribution is 0.184. The summed E-state index contributed by atoms with van der Waals surface area (Å²) in [4.78, 5) is 11.1. The number of aryl methyl sites for hydroxylation is 1. The van der Waals surface area contributed by atoms with Gasteiger partial charge in [-0.05, 0) is 31.0 Å². The lowest BCUT2D eigenvalue weighted by atomic mass is 9.94. The lowest BCUT2D eigenvalue weighted by Gasteiger charge is -2.31. The van der Waals surface area contributed by atoms with E-state index < -0.39 is 0 Å². The summed E-state index contributed by atoms with van der Waals surface area (Å²) < 4.78 is 1.76. The van der Waals surface area contributed by atoms with Crippen molar-refractivity contribution >= 4 is 29.9 Å². The van der Waals surface area contributed by atoms with E-state index in [-0.39, 0.29) is 24.0 Å². The van der Waals surface area contributed by atoms with Crippen molar-refractivity contribution in [2.24, 2.45) is 12.0 Å². The van der Waals surface area contributed by atoms with E-state index in [0.29, 0.717) is 6.54 Å². The Hall–Kier alpha value is -1.68. The first-order chi connectivity index (χ1) is 13.7. The highest BCUT2D eigenvalue weighted by Gasteiger charge is 2.18. The van der Waals surface area contributed by atoms with E-state index in [4.69, 9.17) is 0 Å². The first-order valence-electron chi connectivity index (χ1n) is 10.2. The fraction of sp³-hybridized carbons (Fsp3) is 0.571. The summed E-state index contributed by atoms with van der Waals surface area (Å²) in [6.07, 6.45) is 8.35. The van der Waals surface area contributed by atoms with Crippen molar-refractivity contribution < 1.29 is 0 Å². The highest BCUT2D eigenvalue weighted by Crippen LogP contribution is 2.23. The average molecular weight is 511 g/mol. The molecule has 0 amide bonds. The van der Waals surface area contributed by atoms with Gasteiger partial charge in [0, 0.05) is 33.2 Å². The quantitative estimate of drug-likeness (QED) is 0.340. The van der Waals surface area contributed by atoms with Crippen LogP contribution in [0.1, 0.15) is 49.1 Å². The average Bonchev–Trinajstić information content (AvgIpc) is 3.14. The van der Waals surface area contributed by atoms with Gasteiger partial charge in [-0.2, -0.15) is 5.10 Å². The number of nitrogens with zero attached hydrogens (tertiary/aromatic N) is 5. The molecule has 3 rings (SSSR count). The Balaban J connectivity index is 0.00000300. The maximum absolute atomic E-state index is 4.32. The van der Waals surface area contributed by atoms with Crippen LogP contribution in [0.2, 0.25) is 0 Å². The lowest BCUT2D eigenvalue weighted by Crippen LogP contribution is -2.37. The van der Waals surface area contributed by atoms with E-state index in [1.165, 1.54) is 43.2 Å². The van der Waals surface area contributed by atoms with Crippen molar-refractivity contribution in [2.45, 2.75) is 57.8 Å². The summed E-state index contributed by atoms with van der Waals surface area (Å²) in [6.45, 7) is 2.32. The topological polar surface area (TPSA) is 70.4 Å². The molecule has 7 nitrogen and oxygen atoms in total. The van der Waals surface area contributed by atoms with Gasteiger partial charge in [0.1, 0.15) is 12.2 Å². The second kappa shape index (κ2) is 12.1. The zero-order valence-electron chi connectivity index (χ0n) is 17.8. The Kier molecular flexibility index (Phi) is 9.86. The van der Waals surface area contributed by atoms with Crippen LogP contribution in [0.15, 0.2) is 35.6 Å².